The Morgan fingerprint density at radius 1 is 0.882 bits per heavy atom. The smallest absolute Gasteiger partial charge is 0.261 e. The van der Waals surface area contributed by atoms with E-state index in [-0.39, 0.29) is 18.4 Å². The lowest BCUT2D eigenvalue weighted by Crippen LogP contribution is -2.55. The lowest BCUT2D eigenvalue weighted by atomic mass is 10.0. The van der Waals surface area contributed by atoms with E-state index in [1.165, 1.54) is 0 Å². The molecule has 0 saturated heterocycles. The minimum absolute atomic E-state index is 0.164. The van der Waals surface area contributed by atoms with E-state index in [2.05, 4.69) is 21.2 Å². The molecule has 0 aliphatic rings. The number of benzene rings is 3. The molecule has 0 radical (unpaired) electrons. The monoisotopic (exact) mass is 522 g/mol. The van der Waals surface area contributed by atoms with Gasteiger partial charge in [-0.25, -0.2) is 0 Å². The summed E-state index contributed by atoms with van der Waals surface area (Å²) in [6.45, 7) is 5.94. The molecule has 0 spiro atoms. The fourth-order valence-electron chi connectivity index (χ4n) is 3.55. The van der Waals surface area contributed by atoms with Gasteiger partial charge in [0.1, 0.15) is 11.8 Å². The van der Waals surface area contributed by atoms with Crippen LogP contribution in [0.4, 0.5) is 0 Å². The van der Waals surface area contributed by atoms with Crippen molar-refractivity contribution in [1.82, 2.24) is 10.2 Å². The van der Waals surface area contributed by atoms with Crippen LogP contribution in [0.25, 0.3) is 0 Å². The summed E-state index contributed by atoms with van der Waals surface area (Å²) >= 11 is 3.40. The second-order valence-electron chi connectivity index (χ2n) is 9.19. The maximum atomic E-state index is 13.5. The molecular formula is C28H31BrN2O3. The molecule has 0 aromatic heterocycles. The van der Waals surface area contributed by atoms with Gasteiger partial charge in [0.05, 0.1) is 0 Å². The number of nitrogens with zero attached hydrogens (tertiary/aromatic N) is 1. The van der Waals surface area contributed by atoms with Crippen LogP contribution in [0.1, 0.15) is 31.9 Å². The van der Waals surface area contributed by atoms with Crippen LogP contribution in [0.5, 0.6) is 5.75 Å². The van der Waals surface area contributed by atoms with Crippen molar-refractivity contribution >= 4 is 27.7 Å². The van der Waals surface area contributed by atoms with Crippen LogP contribution in [0.2, 0.25) is 0 Å². The minimum Gasteiger partial charge on any atom is -0.484 e. The molecule has 0 bridgehead atoms. The number of hydrogen-bond donors (Lipinski definition) is 1. The summed E-state index contributed by atoms with van der Waals surface area (Å²) in [4.78, 5) is 28.6. The van der Waals surface area contributed by atoms with Gasteiger partial charge in [-0.1, -0.05) is 76.6 Å². The van der Waals surface area contributed by atoms with Gasteiger partial charge in [0.15, 0.2) is 6.61 Å². The highest BCUT2D eigenvalue weighted by Gasteiger charge is 2.32. The molecule has 0 aliphatic heterocycles. The number of rotatable bonds is 9. The van der Waals surface area contributed by atoms with Gasteiger partial charge < -0.3 is 15.0 Å². The quantitative estimate of drug-likeness (QED) is 0.410. The second kappa shape index (κ2) is 11.8. The number of amides is 2. The van der Waals surface area contributed by atoms with Gasteiger partial charge in [0.2, 0.25) is 5.91 Å². The summed E-state index contributed by atoms with van der Waals surface area (Å²) in [6.07, 6.45) is 0.402. The van der Waals surface area contributed by atoms with Crippen molar-refractivity contribution < 1.29 is 14.3 Å². The zero-order valence-corrected chi connectivity index (χ0v) is 21.4. The fraction of sp³-hybridized carbons (Fsp3) is 0.286. The fourth-order valence-corrected chi connectivity index (χ4v) is 3.81. The van der Waals surface area contributed by atoms with Crippen molar-refractivity contribution in [2.75, 3.05) is 6.61 Å². The molecule has 1 atom stereocenters. The minimum atomic E-state index is -0.692. The molecule has 34 heavy (non-hydrogen) atoms. The lowest BCUT2D eigenvalue weighted by Gasteiger charge is -2.33. The van der Waals surface area contributed by atoms with Crippen LogP contribution >= 0.6 is 15.9 Å². The van der Waals surface area contributed by atoms with Crippen LogP contribution in [-0.2, 0) is 22.6 Å². The van der Waals surface area contributed by atoms with E-state index in [1.807, 2.05) is 93.6 Å². The summed E-state index contributed by atoms with van der Waals surface area (Å²) in [7, 11) is 0. The highest BCUT2D eigenvalue weighted by molar-refractivity contribution is 9.10. The molecule has 6 heteroatoms. The number of hydrogen-bond acceptors (Lipinski definition) is 3. The zero-order valence-electron chi connectivity index (χ0n) is 19.8. The van der Waals surface area contributed by atoms with E-state index in [0.29, 0.717) is 18.7 Å². The average molecular weight is 523 g/mol. The molecule has 0 fully saturated rings. The van der Waals surface area contributed by atoms with Gasteiger partial charge >= 0.3 is 0 Å². The van der Waals surface area contributed by atoms with E-state index < -0.39 is 11.6 Å². The average Bonchev–Trinajstić information content (AvgIpc) is 2.81. The third kappa shape index (κ3) is 8.03. The molecule has 3 aromatic carbocycles. The second-order valence-corrected chi connectivity index (χ2v) is 10.1. The molecule has 1 N–H and O–H groups in total. The molecule has 3 aromatic rings. The van der Waals surface area contributed by atoms with Crippen molar-refractivity contribution in [3.05, 3.63) is 101 Å². The van der Waals surface area contributed by atoms with E-state index in [9.17, 15) is 9.59 Å². The highest BCUT2D eigenvalue weighted by Crippen LogP contribution is 2.19. The Morgan fingerprint density at radius 3 is 2.00 bits per heavy atom. The maximum Gasteiger partial charge on any atom is 0.261 e. The van der Waals surface area contributed by atoms with Crippen LogP contribution in [0.15, 0.2) is 89.4 Å². The number of ether oxygens (including phenoxy) is 1. The SMILES string of the molecule is CC(C)(C)NC(=O)C(Cc1ccccc1)N(Cc1ccccc1)C(=O)COc1ccc(Br)cc1. The van der Waals surface area contributed by atoms with E-state index in [0.717, 1.165) is 15.6 Å². The first-order valence-corrected chi connectivity index (χ1v) is 12.1. The molecular weight excluding hydrogens is 492 g/mol. The van der Waals surface area contributed by atoms with Crippen molar-refractivity contribution in [3.63, 3.8) is 0 Å². The Hall–Kier alpha value is -3.12. The largest absolute Gasteiger partial charge is 0.484 e. The normalized spacial score (nSPS) is 12.0. The molecule has 0 saturated carbocycles. The van der Waals surface area contributed by atoms with Gasteiger partial charge in [-0.3, -0.25) is 9.59 Å². The predicted octanol–water partition coefficient (Wildman–Crippen LogP) is 5.38. The van der Waals surface area contributed by atoms with Crippen molar-refractivity contribution in [2.45, 2.75) is 45.3 Å². The van der Waals surface area contributed by atoms with Crippen LogP contribution in [-0.4, -0.2) is 34.9 Å². The maximum absolute atomic E-state index is 13.5. The molecule has 2 amide bonds. The Bertz CT molecular complexity index is 1060. The van der Waals surface area contributed by atoms with E-state index >= 15 is 0 Å². The Labute approximate surface area is 210 Å². The first-order valence-electron chi connectivity index (χ1n) is 11.3. The van der Waals surface area contributed by atoms with Crippen LogP contribution < -0.4 is 10.1 Å². The summed E-state index contributed by atoms with van der Waals surface area (Å²) in [6, 6.07) is 26.1. The third-order valence-corrected chi connectivity index (χ3v) is 5.67. The van der Waals surface area contributed by atoms with Crippen molar-refractivity contribution in [1.29, 1.82) is 0 Å². The number of nitrogens with one attached hydrogen (secondary N) is 1. The molecule has 3 rings (SSSR count). The van der Waals surface area contributed by atoms with Gasteiger partial charge in [-0.15, -0.1) is 0 Å². The molecule has 178 valence electrons. The van der Waals surface area contributed by atoms with Gasteiger partial charge in [0.25, 0.3) is 5.91 Å². The number of carbonyl (C=O) groups is 2. The summed E-state index contributed by atoms with van der Waals surface area (Å²) in [5.41, 5.74) is 1.50. The first-order chi connectivity index (χ1) is 16.2. The first kappa shape index (κ1) is 25.5. The standard InChI is InChI=1S/C28H31BrN2O3/c1-28(2,3)30-27(33)25(18-21-10-6-4-7-11-21)31(19-22-12-8-5-9-13-22)26(32)20-34-24-16-14-23(29)15-17-24/h4-17,25H,18-20H2,1-3H3,(H,30,33). The van der Waals surface area contributed by atoms with Gasteiger partial charge in [-0.2, -0.15) is 0 Å². The predicted molar refractivity (Wildman–Crippen MR) is 138 cm³/mol. The molecule has 5 nitrogen and oxygen atoms in total. The Balaban J connectivity index is 1.89. The lowest BCUT2D eigenvalue weighted by molar-refractivity contribution is -0.143. The topological polar surface area (TPSA) is 58.6 Å². The van der Waals surface area contributed by atoms with Crippen LogP contribution in [0.3, 0.4) is 0 Å². The van der Waals surface area contributed by atoms with E-state index in [1.54, 1.807) is 17.0 Å². The zero-order chi connectivity index (χ0) is 24.6. The summed E-state index contributed by atoms with van der Waals surface area (Å²) in [5.74, 6) is 0.149. The molecule has 1 unspecified atom stereocenters. The third-order valence-electron chi connectivity index (χ3n) is 5.14. The molecule has 0 heterocycles. The summed E-state index contributed by atoms with van der Waals surface area (Å²) < 4.78 is 6.71. The number of halogens is 1. The van der Waals surface area contributed by atoms with Gasteiger partial charge in [0, 0.05) is 23.0 Å². The Kier molecular flexibility index (Phi) is 8.88. The van der Waals surface area contributed by atoms with E-state index in [4.69, 9.17) is 4.74 Å². The van der Waals surface area contributed by atoms with Crippen molar-refractivity contribution in [2.24, 2.45) is 0 Å². The van der Waals surface area contributed by atoms with Crippen LogP contribution in [0, 0.1) is 0 Å². The highest BCUT2D eigenvalue weighted by atomic mass is 79.9. The molecule has 0 aliphatic carbocycles. The van der Waals surface area contributed by atoms with Crippen molar-refractivity contribution in [3.8, 4) is 5.75 Å². The summed E-state index contributed by atoms with van der Waals surface area (Å²) in [5, 5.41) is 3.06. The Morgan fingerprint density at radius 2 is 1.44 bits per heavy atom. The number of carbonyl (C=O) groups excluding carboxylic acids is 2. The van der Waals surface area contributed by atoms with Gasteiger partial charge in [-0.05, 0) is 56.2 Å².